The van der Waals surface area contributed by atoms with Crippen LogP contribution < -0.4 is 4.74 Å². The predicted octanol–water partition coefficient (Wildman–Crippen LogP) is 2.02. The summed E-state index contributed by atoms with van der Waals surface area (Å²) in [7, 11) is -2.05. The molecule has 0 unspecified atom stereocenters. The molecule has 8 nitrogen and oxygen atoms in total. The Hall–Kier alpha value is -2.69. The Morgan fingerprint density at radius 2 is 1.77 bits per heavy atom. The minimum Gasteiger partial charge on any atom is -0.497 e. The van der Waals surface area contributed by atoms with E-state index in [0.29, 0.717) is 18.8 Å². The van der Waals surface area contributed by atoms with Gasteiger partial charge >= 0.3 is 0 Å². The zero-order valence-electron chi connectivity index (χ0n) is 16.5. The van der Waals surface area contributed by atoms with Crippen LogP contribution in [0.1, 0.15) is 4.88 Å². The molecule has 1 aliphatic heterocycles. The van der Waals surface area contributed by atoms with Crippen molar-refractivity contribution in [3.63, 3.8) is 0 Å². The fourth-order valence-corrected chi connectivity index (χ4v) is 5.59. The Morgan fingerprint density at radius 3 is 2.40 bits per heavy atom. The average Bonchev–Trinajstić information content (AvgIpc) is 3.46. The van der Waals surface area contributed by atoms with Crippen molar-refractivity contribution in [1.82, 2.24) is 18.8 Å². The summed E-state index contributed by atoms with van der Waals surface area (Å²) in [5.74, 6) is 0.589. The summed E-state index contributed by atoms with van der Waals surface area (Å²) in [5.41, 5.74) is 0. The van der Waals surface area contributed by atoms with Gasteiger partial charge in [0.15, 0.2) is 5.13 Å². The van der Waals surface area contributed by atoms with E-state index in [-0.39, 0.29) is 30.3 Å². The minimum absolute atomic E-state index is 0.0146. The zero-order chi connectivity index (χ0) is 21.1. The third-order valence-electron chi connectivity index (χ3n) is 4.98. The number of amides is 1. The molecule has 0 N–H and O–H groups in total. The van der Waals surface area contributed by atoms with Gasteiger partial charge in [-0.25, -0.2) is 13.4 Å². The zero-order valence-corrected chi connectivity index (χ0v) is 18.1. The fraction of sp³-hybridized carbons (Fsp3) is 0.300. The Kier molecular flexibility index (Phi) is 5.89. The number of nitrogens with zero attached hydrogens (tertiary/aromatic N) is 4. The monoisotopic (exact) mass is 446 g/mol. The molecule has 1 aromatic carbocycles. The number of ether oxygens (including phenoxy) is 1. The van der Waals surface area contributed by atoms with Crippen LogP contribution in [0.25, 0.3) is 5.13 Å². The third kappa shape index (κ3) is 4.25. The maximum Gasteiger partial charge on any atom is 0.243 e. The minimum atomic E-state index is -3.59. The van der Waals surface area contributed by atoms with Crippen LogP contribution in [0.15, 0.2) is 59.9 Å². The highest BCUT2D eigenvalue weighted by Gasteiger charge is 2.30. The molecule has 0 radical (unpaired) electrons. The highest BCUT2D eigenvalue weighted by Crippen LogP contribution is 2.22. The molecule has 0 bridgehead atoms. The first-order valence-corrected chi connectivity index (χ1v) is 11.7. The highest BCUT2D eigenvalue weighted by molar-refractivity contribution is 7.89. The van der Waals surface area contributed by atoms with Crippen LogP contribution in [-0.4, -0.2) is 66.4 Å². The first kappa shape index (κ1) is 20.6. The van der Waals surface area contributed by atoms with Crippen molar-refractivity contribution in [3.8, 4) is 10.9 Å². The van der Waals surface area contributed by atoms with Crippen molar-refractivity contribution in [2.24, 2.45) is 0 Å². The van der Waals surface area contributed by atoms with Crippen LogP contribution in [0.3, 0.4) is 0 Å². The van der Waals surface area contributed by atoms with Gasteiger partial charge in [-0.05, 0) is 36.4 Å². The summed E-state index contributed by atoms with van der Waals surface area (Å²) in [6, 6.07) is 10.2. The molecule has 4 rings (SSSR count). The van der Waals surface area contributed by atoms with Crippen molar-refractivity contribution in [2.75, 3.05) is 33.3 Å². The van der Waals surface area contributed by atoms with Crippen LogP contribution in [0.5, 0.6) is 5.75 Å². The molecule has 158 valence electrons. The van der Waals surface area contributed by atoms with Crippen LogP contribution in [0.4, 0.5) is 0 Å². The molecule has 3 aromatic rings. The number of carbonyl (C=O) groups excluding carboxylic acids is 1. The van der Waals surface area contributed by atoms with E-state index in [0.717, 1.165) is 10.0 Å². The van der Waals surface area contributed by atoms with E-state index in [1.807, 2.05) is 29.1 Å². The number of methoxy groups -OCH3 is 1. The molecule has 1 fully saturated rings. The normalized spacial score (nSPS) is 15.3. The van der Waals surface area contributed by atoms with Gasteiger partial charge in [0.2, 0.25) is 15.9 Å². The van der Waals surface area contributed by atoms with Crippen LogP contribution >= 0.6 is 11.3 Å². The number of piperazine rings is 1. The lowest BCUT2D eigenvalue weighted by Gasteiger charge is -2.34. The summed E-state index contributed by atoms with van der Waals surface area (Å²) in [6.45, 7) is 1.30. The van der Waals surface area contributed by atoms with E-state index in [2.05, 4.69) is 4.98 Å². The molecule has 30 heavy (non-hydrogen) atoms. The number of hydrogen-bond donors (Lipinski definition) is 0. The maximum atomic E-state index is 12.8. The Labute approximate surface area is 179 Å². The van der Waals surface area contributed by atoms with Gasteiger partial charge in [-0.15, -0.1) is 11.3 Å². The van der Waals surface area contributed by atoms with Gasteiger partial charge < -0.3 is 14.2 Å². The quantitative estimate of drug-likeness (QED) is 0.578. The third-order valence-corrected chi connectivity index (χ3v) is 7.90. The maximum absolute atomic E-state index is 12.8. The van der Waals surface area contributed by atoms with Gasteiger partial charge in [0.25, 0.3) is 0 Å². The van der Waals surface area contributed by atoms with E-state index in [1.54, 1.807) is 23.2 Å². The number of sulfonamides is 1. The van der Waals surface area contributed by atoms with E-state index in [4.69, 9.17) is 4.74 Å². The Morgan fingerprint density at radius 1 is 1.10 bits per heavy atom. The Balaban J connectivity index is 1.35. The molecule has 3 heterocycles. The largest absolute Gasteiger partial charge is 0.497 e. The summed E-state index contributed by atoms with van der Waals surface area (Å²) < 4.78 is 34.1. The van der Waals surface area contributed by atoms with Crippen molar-refractivity contribution < 1.29 is 17.9 Å². The molecular formula is C20H22N4O4S2. The van der Waals surface area contributed by atoms with Crippen molar-refractivity contribution in [2.45, 2.75) is 11.3 Å². The summed E-state index contributed by atoms with van der Waals surface area (Å²) in [5, 5.41) is 0.818. The number of thiazole rings is 1. The predicted molar refractivity (Wildman–Crippen MR) is 113 cm³/mol. The molecule has 1 amide bonds. The summed E-state index contributed by atoms with van der Waals surface area (Å²) >= 11 is 1.48. The molecule has 0 aliphatic carbocycles. The standard InChI is InChI=1S/C20H22N4O4S2/c1-28-16-4-6-18(7-5-16)30(26,27)24-12-10-22(11-13-24)19(25)14-17-15-21-20(29-17)23-8-2-3-9-23/h2-9,15H,10-14H2,1H3. The highest BCUT2D eigenvalue weighted by atomic mass is 32.2. The summed E-state index contributed by atoms with van der Waals surface area (Å²) in [6.07, 6.45) is 5.81. The molecule has 1 saturated heterocycles. The molecule has 0 atom stereocenters. The molecule has 0 saturated carbocycles. The average molecular weight is 447 g/mol. The van der Waals surface area contributed by atoms with Crippen LogP contribution in [0, 0.1) is 0 Å². The number of aromatic nitrogens is 2. The molecule has 1 aliphatic rings. The SMILES string of the molecule is COc1ccc(S(=O)(=O)N2CCN(C(=O)Cc3cnc(-n4cccc4)s3)CC2)cc1. The molecular weight excluding hydrogens is 424 g/mol. The van der Waals surface area contributed by atoms with Gasteiger partial charge in [-0.3, -0.25) is 4.79 Å². The fourth-order valence-electron chi connectivity index (χ4n) is 3.30. The van der Waals surface area contributed by atoms with E-state index in [1.165, 1.54) is 34.9 Å². The lowest BCUT2D eigenvalue weighted by molar-refractivity contribution is -0.131. The van der Waals surface area contributed by atoms with E-state index < -0.39 is 10.0 Å². The lowest BCUT2D eigenvalue weighted by Crippen LogP contribution is -2.50. The van der Waals surface area contributed by atoms with Gasteiger partial charge in [-0.1, -0.05) is 0 Å². The first-order chi connectivity index (χ1) is 14.5. The first-order valence-electron chi connectivity index (χ1n) is 9.47. The second-order valence-corrected chi connectivity index (χ2v) is 9.87. The number of carbonyl (C=O) groups is 1. The number of rotatable bonds is 6. The van der Waals surface area contributed by atoms with E-state index >= 15 is 0 Å². The van der Waals surface area contributed by atoms with Crippen LogP contribution in [-0.2, 0) is 21.2 Å². The smallest absolute Gasteiger partial charge is 0.243 e. The molecule has 10 heteroatoms. The lowest BCUT2D eigenvalue weighted by atomic mass is 10.3. The van der Waals surface area contributed by atoms with Gasteiger partial charge in [0.05, 0.1) is 18.4 Å². The molecule has 0 spiro atoms. The summed E-state index contributed by atoms with van der Waals surface area (Å²) in [4.78, 5) is 19.9. The van der Waals surface area contributed by atoms with Crippen molar-refractivity contribution in [1.29, 1.82) is 0 Å². The second-order valence-electron chi connectivity index (χ2n) is 6.84. The topological polar surface area (TPSA) is 84.7 Å². The Bertz CT molecular complexity index is 1100. The molecule has 2 aromatic heterocycles. The van der Waals surface area contributed by atoms with Gasteiger partial charge in [0.1, 0.15) is 5.75 Å². The van der Waals surface area contributed by atoms with Gasteiger partial charge in [-0.2, -0.15) is 4.31 Å². The van der Waals surface area contributed by atoms with Crippen molar-refractivity contribution >= 4 is 27.3 Å². The number of hydrogen-bond acceptors (Lipinski definition) is 6. The van der Waals surface area contributed by atoms with Gasteiger partial charge in [0, 0.05) is 49.6 Å². The van der Waals surface area contributed by atoms with Crippen molar-refractivity contribution in [3.05, 3.63) is 59.9 Å². The van der Waals surface area contributed by atoms with Crippen LogP contribution in [0.2, 0.25) is 0 Å². The second kappa shape index (κ2) is 8.58. The number of benzene rings is 1. The van der Waals surface area contributed by atoms with E-state index in [9.17, 15) is 13.2 Å².